The van der Waals surface area contributed by atoms with Gasteiger partial charge in [-0.3, -0.25) is 5.43 Å². The van der Waals surface area contributed by atoms with E-state index in [4.69, 9.17) is 0 Å². The minimum absolute atomic E-state index is 0.179. The molecule has 0 saturated carbocycles. The maximum Gasteiger partial charge on any atom is 0.244 e. The summed E-state index contributed by atoms with van der Waals surface area (Å²) in [6.45, 7) is 4.48. The van der Waals surface area contributed by atoms with Crippen LogP contribution in [0.3, 0.4) is 0 Å². The molecule has 2 heterocycles. The predicted octanol–water partition coefficient (Wildman–Crippen LogP) is 3.38. The number of nitrogens with zero attached hydrogens (tertiary/aromatic N) is 3. The van der Waals surface area contributed by atoms with Crippen molar-refractivity contribution >= 4 is 49.3 Å². The number of halogens is 1. The van der Waals surface area contributed by atoms with Gasteiger partial charge in [-0.2, -0.15) is 9.41 Å². The Labute approximate surface area is 148 Å². The molecule has 9 heteroatoms. The van der Waals surface area contributed by atoms with E-state index in [1.165, 1.54) is 16.6 Å². The highest BCUT2D eigenvalue weighted by Crippen LogP contribution is 2.18. The van der Waals surface area contributed by atoms with Gasteiger partial charge in [-0.25, -0.2) is 13.4 Å². The first-order chi connectivity index (χ1) is 11.0. The smallest absolute Gasteiger partial charge is 0.244 e. The third-order valence-electron chi connectivity index (χ3n) is 3.04. The summed E-state index contributed by atoms with van der Waals surface area (Å²) >= 11 is 4.93. The van der Waals surface area contributed by atoms with Gasteiger partial charge in [-0.1, -0.05) is 13.8 Å². The van der Waals surface area contributed by atoms with Gasteiger partial charge in [0.25, 0.3) is 0 Å². The topological polar surface area (TPSA) is 74.7 Å². The average Bonchev–Trinajstić information content (AvgIpc) is 2.94. The van der Waals surface area contributed by atoms with Crippen LogP contribution in [-0.4, -0.2) is 37.0 Å². The summed E-state index contributed by atoms with van der Waals surface area (Å²) in [4.78, 5) is 5.27. The van der Waals surface area contributed by atoms with Gasteiger partial charge in [-0.15, -0.1) is 11.3 Å². The van der Waals surface area contributed by atoms with Crippen molar-refractivity contribution in [1.82, 2.24) is 9.29 Å². The molecule has 0 radical (unpaired) electrons. The SMILES string of the molecule is CCN(CC)S(=O)(=O)c1ccc(N/N=C/c2cc(Br)cs2)nc1. The van der Waals surface area contributed by atoms with Crippen LogP contribution in [0.4, 0.5) is 5.82 Å². The van der Waals surface area contributed by atoms with E-state index in [0.29, 0.717) is 18.9 Å². The fourth-order valence-corrected chi connectivity index (χ4v) is 4.58. The zero-order valence-electron chi connectivity index (χ0n) is 12.7. The molecule has 2 aromatic heterocycles. The minimum atomic E-state index is -3.48. The van der Waals surface area contributed by atoms with E-state index in [9.17, 15) is 8.42 Å². The number of rotatable bonds is 7. The summed E-state index contributed by atoms with van der Waals surface area (Å²) in [5.74, 6) is 0.482. The average molecular weight is 417 g/mol. The zero-order valence-corrected chi connectivity index (χ0v) is 15.9. The molecule has 23 heavy (non-hydrogen) atoms. The number of sulfonamides is 1. The normalized spacial score (nSPS) is 12.2. The Balaban J connectivity index is 2.06. The highest BCUT2D eigenvalue weighted by atomic mass is 79.9. The number of hydrogen-bond donors (Lipinski definition) is 1. The van der Waals surface area contributed by atoms with Gasteiger partial charge in [0.2, 0.25) is 10.0 Å². The van der Waals surface area contributed by atoms with Crippen molar-refractivity contribution in [1.29, 1.82) is 0 Å². The molecular formula is C14H17BrN4O2S2. The molecule has 0 aromatic carbocycles. The summed E-state index contributed by atoms with van der Waals surface area (Å²) in [6.07, 6.45) is 3.02. The molecular weight excluding hydrogens is 400 g/mol. The van der Waals surface area contributed by atoms with Crippen LogP contribution in [0, 0.1) is 0 Å². The monoisotopic (exact) mass is 416 g/mol. The molecule has 1 N–H and O–H groups in total. The van der Waals surface area contributed by atoms with Gasteiger partial charge in [-0.05, 0) is 34.1 Å². The number of hydrogen-bond acceptors (Lipinski definition) is 6. The lowest BCUT2D eigenvalue weighted by atomic mass is 10.5. The maximum atomic E-state index is 12.3. The lowest BCUT2D eigenvalue weighted by Gasteiger charge is -2.18. The summed E-state index contributed by atoms with van der Waals surface area (Å²) in [5.41, 5.74) is 2.78. The first-order valence-corrected chi connectivity index (χ1v) is 10.1. The van der Waals surface area contributed by atoms with Crippen LogP contribution >= 0.6 is 27.3 Å². The van der Waals surface area contributed by atoms with Crippen molar-refractivity contribution in [2.75, 3.05) is 18.5 Å². The molecule has 0 fully saturated rings. The number of nitrogens with one attached hydrogen (secondary N) is 1. The van der Waals surface area contributed by atoms with Crippen LogP contribution in [-0.2, 0) is 10.0 Å². The quantitative estimate of drug-likeness (QED) is 0.554. The molecule has 0 aliphatic rings. The van der Waals surface area contributed by atoms with Gasteiger partial charge in [0, 0.05) is 34.0 Å². The van der Waals surface area contributed by atoms with Gasteiger partial charge >= 0.3 is 0 Å². The second-order valence-electron chi connectivity index (χ2n) is 4.51. The van der Waals surface area contributed by atoms with E-state index in [2.05, 4.69) is 31.4 Å². The molecule has 0 unspecified atom stereocenters. The summed E-state index contributed by atoms with van der Waals surface area (Å²) < 4.78 is 27.1. The van der Waals surface area contributed by atoms with Crippen LogP contribution in [0.1, 0.15) is 18.7 Å². The molecule has 0 aliphatic carbocycles. The van der Waals surface area contributed by atoms with E-state index in [1.807, 2.05) is 25.3 Å². The van der Waals surface area contributed by atoms with Gasteiger partial charge < -0.3 is 0 Å². The van der Waals surface area contributed by atoms with Crippen molar-refractivity contribution < 1.29 is 8.42 Å². The predicted molar refractivity (Wildman–Crippen MR) is 97.6 cm³/mol. The number of aromatic nitrogens is 1. The Morgan fingerprint density at radius 3 is 2.65 bits per heavy atom. The van der Waals surface area contributed by atoms with Crippen LogP contribution in [0.2, 0.25) is 0 Å². The van der Waals surface area contributed by atoms with Crippen molar-refractivity contribution in [3.05, 3.63) is 39.1 Å². The first-order valence-electron chi connectivity index (χ1n) is 6.96. The Kier molecular flexibility index (Phi) is 6.28. The third kappa shape index (κ3) is 4.60. The van der Waals surface area contributed by atoms with Crippen LogP contribution in [0.15, 0.2) is 44.2 Å². The molecule has 2 aromatic rings. The second-order valence-corrected chi connectivity index (χ2v) is 8.30. The van der Waals surface area contributed by atoms with E-state index in [1.54, 1.807) is 23.6 Å². The minimum Gasteiger partial charge on any atom is -0.261 e. The standard InChI is InChI=1S/C14H17BrN4O2S2/c1-3-19(4-2)23(20,21)13-5-6-14(16-9-13)18-17-8-12-7-11(15)10-22-12/h5-10H,3-4H2,1-2H3,(H,16,18)/b17-8+. The lowest BCUT2D eigenvalue weighted by Crippen LogP contribution is -2.30. The maximum absolute atomic E-state index is 12.3. The van der Waals surface area contributed by atoms with E-state index in [-0.39, 0.29) is 4.90 Å². The Hall–Kier alpha value is -1.29. The zero-order chi connectivity index (χ0) is 16.9. The van der Waals surface area contributed by atoms with Crippen molar-refractivity contribution in [3.8, 4) is 0 Å². The number of hydrazone groups is 1. The molecule has 124 valence electrons. The molecule has 0 saturated heterocycles. The summed E-state index contributed by atoms with van der Waals surface area (Å²) in [6, 6.07) is 5.07. The lowest BCUT2D eigenvalue weighted by molar-refractivity contribution is 0.445. The molecule has 0 bridgehead atoms. The van der Waals surface area contributed by atoms with Crippen LogP contribution in [0.25, 0.3) is 0 Å². The number of pyridine rings is 1. The van der Waals surface area contributed by atoms with Gasteiger partial charge in [0.15, 0.2) is 0 Å². The van der Waals surface area contributed by atoms with E-state index >= 15 is 0 Å². The third-order valence-corrected chi connectivity index (χ3v) is 6.70. The van der Waals surface area contributed by atoms with Crippen molar-refractivity contribution in [2.24, 2.45) is 5.10 Å². The Bertz CT molecular complexity index is 768. The highest BCUT2D eigenvalue weighted by molar-refractivity contribution is 9.10. The largest absolute Gasteiger partial charge is 0.261 e. The molecule has 0 aliphatic heterocycles. The van der Waals surface area contributed by atoms with E-state index in [0.717, 1.165) is 9.35 Å². The number of thiophene rings is 1. The summed E-state index contributed by atoms with van der Waals surface area (Å²) in [7, 11) is -3.48. The highest BCUT2D eigenvalue weighted by Gasteiger charge is 2.21. The Morgan fingerprint density at radius 2 is 2.13 bits per heavy atom. The molecule has 6 nitrogen and oxygen atoms in total. The number of anilines is 1. The molecule has 0 amide bonds. The Morgan fingerprint density at radius 1 is 1.39 bits per heavy atom. The van der Waals surface area contributed by atoms with Crippen molar-refractivity contribution in [2.45, 2.75) is 18.7 Å². The molecule has 0 atom stereocenters. The van der Waals surface area contributed by atoms with E-state index < -0.39 is 10.0 Å². The summed E-state index contributed by atoms with van der Waals surface area (Å²) in [5, 5.41) is 6.04. The van der Waals surface area contributed by atoms with Gasteiger partial charge in [0.05, 0.1) is 6.21 Å². The fraction of sp³-hybridized carbons (Fsp3) is 0.286. The van der Waals surface area contributed by atoms with Crippen molar-refractivity contribution in [3.63, 3.8) is 0 Å². The van der Waals surface area contributed by atoms with Gasteiger partial charge in [0.1, 0.15) is 10.7 Å². The second kappa shape index (κ2) is 8.00. The first kappa shape index (κ1) is 18.1. The van der Waals surface area contributed by atoms with Crippen LogP contribution in [0.5, 0.6) is 0 Å². The fourth-order valence-electron chi connectivity index (χ4n) is 1.87. The van der Waals surface area contributed by atoms with Crippen LogP contribution < -0.4 is 5.43 Å². The molecule has 0 spiro atoms. The molecule has 2 rings (SSSR count).